The molecule has 0 atom stereocenters. The van der Waals surface area contributed by atoms with Crippen molar-refractivity contribution < 1.29 is 4.79 Å². The lowest BCUT2D eigenvalue weighted by molar-refractivity contribution is 0.217. The fourth-order valence-electron chi connectivity index (χ4n) is 3.39. The van der Waals surface area contributed by atoms with Crippen molar-refractivity contribution in [1.29, 1.82) is 0 Å². The van der Waals surface area contributed by atoms with E-state index in [1.165, 1.54) is 29.5 Å². The zero-order chi connectivity index (χ0) is 17.4. The highest BCUT2D eigenvalue weighted by atomic mass is 16.2. The standard InChI is InChI=1S/C20H24N4O/c1-14-4-3-5-17(12-14)16-8-10-23(11-9-16)20(25)21-19-13-15(2)24(22-19)18-6-7-18/h3-5,8,12-13,18H,6-7,9-11H2,1-2H3,(H,21,22,25). The Morgan fingerprint density at radius 1 is 1.24 bits per heavy atom. The SMILES string of the molecule is Cc1cccc(C2=CCN(C(=O)Nc3cc(C)n(C4CC4)n3)CC2)c1. The van der Waals surface area contributed by atoms with Crippen LogP contribution in [-0.4, -0.2) is 33.8 Å². The molecule has 130 valence electrons. The van der Waals surface area contributed by atoms with Gasteiger partial charge >= 0.3 is 6.03 Å². The van der Waals surface area contributed by atoms with E-state index >= 15 is 0 Å². The summed E-state index contributed by atoms with van der Waals surface area (Å²) < 4.78 is 2.03. The first-order chi connectivity index (χ1) is 12.1. The van der Waals surface area contributed by atoms with Gasteiger partial charge in [0.25, 0.3) is 0 Å². The predicted molar refractivity (Wildman–Crippen MR) is 99.6 cm³/mol. The number of nitrogens with one attached hydrogen (secondary N) is 1. The van der Waals surface area contributed by atoms with Crippen LogP contribution in [0, 0.1) is 13.8 Å². The molecule has 1 aromatic carbocycles. The predicted octanol–water partition coefficient (Wildman–Crippen LogP) is 4.16. The van der Waals surface area contributed by atoms with E-state index in [1.54, 1.807) is 0 Å². The van der Waals surface area contributed by atoms with Crippen molar-refractivity contribution in [2.45, 2.75) is 39.2 Å². The van der Waals surface area contributed by atoms with Crippen LogP contribution in [-0.2, 0) is 0 Å². The van der Waals surface area contributed by atoms with Crippen molar-refractivity contribution >= 4 is 17.4 Å². The number of hydrogen-bond acceptors (Lipinski definition) is 2. The van der Waals surface area contributed by atoms with Gasteiger partial charge in [0.05, 0.1) is 6.04 Å². The first-order valence-corrected chi connectivity index (χ1v) is 8.98. The number of anilines is 1. The maximum absolute atomic E-state index is 12.5. The normalized spacial score (nSPS) is 17.4. The lowest BCUT2D eigenvalue weighted by Crippen LogP contribution is -2.38. The Hall–Kier alpha value is -2.56. The van der Waals surface area contributed by atoms with E-state index in [0.29, 0.717) is 18.4 Å². The molecule has 1 N–H and O–H groups in total. The summed E-state index contributed by atoms with van der Waals surface area (Å²) in [6.07, 6.45) is 5.42. The lowest BCUT2D eigenvalue weighted by atomic mass is 9.98. The fraction of sp³-hybridized carbons (Fsp3) is 0.400. The maximum atomic E-state index is 12.5. The Balaban J connectivity index is 1.40. The second-order valence-corrected chi connectivity index (χ2v) is 7.07. The van der Waals surface area contributed by atoms with Crippen molar-refractivity contribution in [3.8, 4) is 0 Å². The van der Waals surface area contributed by atoms with Crippen LogP contribution in [0.15, 0.2) is 36.4 Å². The molecule has 1 fully saturated rings. The summed E-state index contributed by atoms with van der Waals surface area (Å²) in [6, 6.07) is 10.9. The van der Waals surface area contributed by atoms with Crippen LogP contribution >= 0.6 is 0 Å². The van der Waals surface area contributed by atoms with E-state index in [1.807, 2.05) is 22.6 Å². The van der Waals surface area contributed by atoms with E-state index < -0.39 is 0 Å². The van der Waals surface area contributed by atoms with Gasteiger partial charge in [0.2, 0.25) is 0 Å². The summed E-state index contributed by atoms with van der Waals surface area (Å²) in [5.74, 6) is 0.655. The minimum absolute atomic E-state index is 0.0695. The van der Waals surface area contributed by atoms with Gasteiger partial charge in [-0.25, -0.2) is 4.79 Å². The number of amides is 2. The molecule has 0 saturated heterocycles. The first-order valence-electron chi connectivity index (χ1n) is 8.98. The van der Waals surface area contributed by atoms with Gasteiger partial charge in [-0.15, -0.1) is 0 Å². The Kier molecular flexibility index (Phi) is 4.07. The van der Waals surface area contributed by atoms with Crippen molar-refractivity contribution in [3.05, 3.63) is 53.2 Å². The van der Waals surface area contributed by atoms with E-state index in [2.05, 4.69) is 47.7 Å². The molecule has 0 spiro atoms. The number of benzene rings is 1. The van der Waals surface area contributed by atoms with Crippen LogP contribution in [0.1, 0.15) is 42.1 Å². The Bertz CT molecular complexity index is 832. The molecule has 0 radical (unpaired) electrons. The number of nitrogens with zero attached hydrogens (tertiary/aromatic N) is 3. The summed E-state index contributed by atoms with van der Waals surface area (Å²) in [7, 11) is 0. The van der Waals surface area contributed by atoms with E-state index in [4.69, 9.17) is 0 Å². The molecular formula is C20H24N4O. The molecule has 1 saturated carbocycles. The molecule has 1 aliphatic carbocycles. The van der Waals surface area contributed by atoms with Gasteiger partial charge in [0, 0.05) is 24.8 Å². The molecule has 2 aliphatic rings. The first kappa shape index (κ1) is 15.9. The molecule has 5 nitrogen and oxygen atoms in total. The fourth-order valence-corrected chi connectivity index (χ4v) is 3.39. The number of carbonyl (C=O) groups is 1. The number of hydrogen-bond donors (Lipinski definition) is 1. The molecule has 2 amide bonds. The summed E-state index contributed by atoms with van der Waals surface area (Å²) in [6.45, 7) is 5.51. The average Bonchev–Trinajstić information content (AvgIpc) is 3.38. The van der Waals surface area contributed by atoms with Gasteiger partial charge in [-0.2, -0.15) is 5.10 Å². The molecule has 1 aliphatic heterocycles. The van der Waals surface area contributed by atoms with Crippen molar-refractivity contribution in [2.75, 3.05) is 18.4 Å². The zero-order valence-corrected chi connectivity index (χ0v) is 14.8. The zero-order valence-electron chi connectivity index (χ0n) is 14.8. The Morgan fingerprint density at radius 3 is 2.76 bits per heavy atom. The molecule has 5 heteroatoms. The molecule has 0 bridgehead atoms. The molecular weight excluding hydrogens is 312 g/mol. The third-order valence-corrected chi connectivity index (χ3v) is 4.94. The van der Waals surface area contributed by atoms with Crippen LogP contribution in [0.2, 0.25) is 0 Å². The third-order valence-electron chi connectivity index (χ3n) is 4.94. The molecule has 0 unspecified atom stereocenters. The highest BCUT2D eigenvalue weighted by Gasteiger charge is 2.26. The quantitative estimate of drug-likeness (QED) is 0.915. The van der Waals surface area contributed by atoms with Crippen molar-refractivity contribution in [2.24, 2.45) is 0 Å². The monoisotopic (exact) mass is 336 g/mol. The largest absolute Gasteiger partial charge is 0.323 e. The van der Waals surface area contributed by atoms with Crippen LogP contribution in [0.5, 0.6) is 0 Å². The van der Waals surface area contributed by atoms with Gasteiger partial charge in [0.1, 0.15) is 0 Å². The number of aromatic nitrogens is 2. The second-order valence-electron chi connectivity index (χ2n) is 7.07. The van der Waals surface area contributed by atoms with Crippen LogP contribution in [0.25, 0.3) is 5.57 Å². The van der Waals surface area contributed by atoms with Gasteiger partial charge in [-0.1, -0.05) is 35.9 Å². The van der Waals surface area contributed by atoms with Gasteiger partial charge < -0.3 is 4.90 Å². The summed E-state index contributed by atoms with van der Waals surface area (Å²) in [5, 5.41) is 7.47. The molecule has 2 heterocycles. The minimum Gasteiger partial charge on any atom is -0.320 e. The average molecular weight is 336 g/mol. The minimum atomic E-state index is -0.0695. The maximum Gasteiger partial charge on any atom is 0.323 e. The lowest BCUT2D eigenvalue weighted by Gasteiger charge is -2.26. The highest BCUT2D eigenvalue weighted by Crippen LogP contribution is 2.35. The second kappa shape index (κ2) is 6.39. The number of aryl methyl sites for hydroxylation is 2. The Morgan fingerprint density at radius 2 is 2.08 bits per heavy atom. The number of urea groups is 1. The third kappa shape index (κ3) is 3.45. The van der Waals surface area contributed by atoms with Crippen molar-refractivity contribution in [1.82, 2.24) is 14.7 Å². The van der Waals surface area contributed by atoms with Crippen molar-refractivity contribution in [3.63, 3.8) is 0 Å². The number of rotatable bonds is 3. The highest BCUT2D eigenvalue weighted by molar-refractivity contribution is 5.89. The molecule has 1 aromatic heterocycles. The van der Waals surface area contributed by atoms with E-state index in [0.717, 1.165) is 18.7 Å². The van der Waals surface area contributed by atoms with E-state index in [9.17, 15) is 4.79 Å². The van der Waals surface area contributed by atoms with Crippen LogP contribution in [0.4, 0.5) is 10.6 Å². The summed E-state index contributed by atoms with van der Waals surface area (Å²) in [4.78, 5) is 14.3. The molecule has 25 heavy (non-hydrogen) atoms. The smallest absolute Gasteiger partial charge is 0.320 e. The topological polar surface area (TPSA) is 50.2 Å². The van der Waals surface area contributed by atoms with Crippen LogP contribution < -0.4 is 5.32 Å². The number of carbonyl (C=O) groups excluding carboxylic acids is 1. The molecule has 2 aromatic rings. The van der Waals surface area contributed by atoms with E-state index in [-0.39, 0.29) is 6.03 Å². The van der Waals surface area contributed by atoms with Gasteiger partial charge in [-0.05, 0) is 44.2 Å². The Labute approximate surface area is 148 Å². The van der Waals surface area contributed by atoms with Crippen LogP contribution in [0.3, 0.4) is 0 Å². The van der Waals surface area contributed by atoms with Gasteiger partial charge in [0.15, 0.2) is 5.82 Å². The van der Waals surface area contributed by atoms with Gasteiger partial charge in [-0.3, -0.25) is 10.00 Å². The summed E-state index contributed by atoms with van der Waals surface area (Å²) in [5.41, 5.74) is 4.96. The summed E-state index contributed by atoms with van der Waals surface area (Å²) >= 11 is 0. The molecule has 4 rings (SSSR count).